The molecule has 0 saturated carbocycles. The van der Waals surface area contributed by atoms with Crippen molar-refractivity contribution in [1.82, 2.24) is 9.88 Å². The van der Waals surface area contributed by atoms with Crippen LogP contribution in [0.4, 0.5) is 5.69 Å². The summed E-state index contributed by atoms with van der Waals surface area (Å²) in [5, 5.41) is 0. The molecule has 1 fully saturated rings. The van der Waals surface area contributed by atoms with Crippen molar-refractivity contribution in [3.8, 4) is 11.5 Å². The number of amides is 3. The number of hydrogen-bond acceptors (Lipinski definition) is 8. The number of ether oxygens (including phenoxy) is 2. The summed E-state index contributed by atoms with van der Waals surface area (Å²) in [6.07, 6.45) is 0.386. The summed E-state index contributed by atoms with van der Waals surface area (Å²) in [7, 11) is 2.85. The van der Waals surface area contributed by atoms with E-state index >= 15 is 0 Å². The van der Waals surface area contributed by atoms with Gasteiger partial charge in [0, 0.05) is 19.8 Å². The lowest BCUT2D eigenvalue weighted by Crippen LogP contribution is -2.49. The first-order chi connectivity index (χ1) is 17.5. The molecule has 5 rings (SSSR count). The van der Waals surface area contributed by atoms with E-state index in [4.69, 9.17) is 18.3 Å². The van der Waals surface area contributed by atoms with Gasteiger partial charge in [-0.05, 0) is 48.5 Å². The number of benzene rings is 2. The molecule has 1 aliphatic rings. The number of aromatic nitrogens is 1. The van der Waals surface area contributed by atoms with Crippen LogP contribution in [-0.2, 0) is 19.1 Å². The van der Waals surface area contributed by atoms with E-state index in [1.807, 2.05) is 24.3 Å². The highest BCUT2D eigenvalue weighted by Gasteiger charge is 2.45. The molecular formula is C26H23N3O7. The SMILES string of the molecule is COC(CN(C(=O)c1ccco1)C1CC(=O)N(c2ccc(-c3nc4ccccc4o3)cc2)C1=O)OC. The van der Waals surface area contributed by atoms with Gasteiger partial charge in [0.1, 0.15) is 11.6 Å². The highest BCUT2D eigenvalue weighted by Crippen LogP contribution is 2.30. The predicted octanol–water partition coefficient (Wildman–Crippen LogP) is 3.48. The molecule has 1 atom stereocenters. The third kappa shape index (κ3) is 4.28. The fourth-order valence-corrected chi connectivity index (χ4v) is 4.18. The molecule has 0 spiro atoms. The van der Waals surface area contributed by atoms with Gasteiger partial charge in [-0.25, -0.2) is 9.88 Å². The van der Waals surface area contributed by atoms with Crippen molar-refractivity contribution in [3.63, 3.8) is 0 Å². The lowest BCUT2D eigenvalue weighted by Gasteiger charge is -2.29. The van der Waals surface area contributed by atoms with Crippen LogP contribution in [0.2, 0.25) is 0 Å². The van der Waals surface area contributed by atoms with Crippen molar-refractivity contribution in [2.24, 2.45) is 0 Å². The maximum Gasteiger partial charge on any atom is 0.290 e. The van der Waals surface area contributed by atoms with E-state index in [9.17, 15) is 14.4 Å². The second kappa shape index (κ2) is 9.76. The van der Waals surface area contributed by atoms with E-state index in [1.165, 1.54) is 31.4 Å². The van der Waals surface area contributed by atoms with Gasteiger partial charge in [0.05, 0.1) is 24.9 Å². The Morgan fingerprint density at radius 3 is 2.50 bits per heavy atom. The van der Waals surface area contributed by atoms with Gasteiger partial charge in [0.25, 0.3) is 11.8 Å². The minimum Gasteiger partial charge on any atom is -0.459 e. The second-order valence-corrected chi connectivity index (χ2v) is 8.16. The Bertz CT molecular complexity index is 1360. The molecule has 2 aromatic carbocycles. The summed E-state index contributed by atoms with van der Waals surface area (Å²) >= 11 is 0. The summed E-state index contributed by atoms with van der Waals surface area (Å²) in [4.78, 5) is 46.3. The van der Waals surface area contributed by atoms with E-state index in [0.29, 0.717) is 22.7 Å². The van der Waals surface area contributed by atoms with Crippen molar-refractivity contribution in [2.45, 2.75) is 18.8 Å². The third-order valence-corrected chi connectivity index (χ3v) is 6.03. The van der Waals surface area contributed by atoms with Crippen LogP contribution in [0.1, 0.15) is 17.0 Å². The number of carbonyl (C=O) groups is 3. The molecular weight excluding hydrogens is 466 g/mol. The number of oxazole rings is 1. The van der Waals surface area contributed by atoms with Gasteiger partial charge >= 0.3 is 0 Å². The number of rotatable bonds is 8. The topological polar surface area (TPSA) is 115 Å². The van der Waals surface area contributed by atoms with Crippen LogP contribution >= 0.6 is 0 Å². The van der Waals surface area contributed by atoms with E-state index < -0.39 is 30.1 Å². The molecule has 3 amide bonds. The monoisotopic (exact) mass is 489 g/mol. The molecule has 184 valence electrons. The Kier molecular flexibility index (Phi) is 6.36. The van der Waals surface area contributed by atoms with Crippen molar-refractivity contribution in [3.05, 3.63) is 72.7 Å². The minimum absolute atomic E-state index is 0.0438. The van der Waals surface area contributed by atoms with Crippen molar-refractivity contribution in [1.29, 1.82) is 0 Å². The maximum atomic E-state index is 13.4. The molecule has 1 aliphatic heterocycles. The number of anilines is 1. The highest BCUT2D eigenvalue weighted by molar-refractivity contribution is 6.23. The number of fused-ring (bicyclic) bond motifs is 1. The van der Waals surface area contributed by atoms with Gasteiger partial charge in [-0.2, -0.15) is 0 Å². The molecule has 0 aliphatic carbocycles. The number of methoxy groups -OCH3 is 2. The number of furan rings is 1. The van der Waals surface area contributed by atoms with E-state index in [1.54, 1.807) is 30.3 Å². The number of nitrogens with zero attached hydrogens (tertiary/aromatic N) is 3. The fraction of sp³-hybridized carbons (Fsp3) is 0.231. The van der Waals surface area contributed by atoms with Gasteiger partial charge in [0.15, 0.2) is 17.6 Å². The van der Waals surface area contributed by atoms with Crippen LogP contribution in [0.5, 0.6) is 0 Å². The zero-order valence-electron chi connectivity index (χ0n) is 19.6. The Morgan fingerprint density at radius 1 is 1.08 bits per heavy atom. The number of carbonyl (C=O) groups excluding carboxylic acids is 3. The highest BCUT2D eigenvalue weighted by atomic mass is 16.7. The Labute approximate surface area is 206 Å². The van der Waals surface area contributed by atoms with Gasteiger partial charge in [-0.15, -0.1) is 0 Å². The molecule has 1 saturated heterocycles. The minimum atomic E-state index is -1.04. The van der Waals surface area contributed by atoms with E-state index in [-0.39, 0.29) is 18.7 Å². The van der Waals surface area contributed by atoms with Crippen molar-refractivity contribution >= 4 is 34.5 Å². The summed E-state index contributed by atoms with van der Waals surface area (Å²) in [6.45, 7) is -0.0687. The molecule has 4 aromatic rings. The van der Waals surface area contributed by atoms with Crippen LogP contribution in [0, 0.1) is 0 Å². The van der Waals surface area contributed by atoms with Gasteiger partial charge in [0.2, 0.25) is 11.8 Å². The standard InChI is InChI=1S/C26H23N3O7/c1-33-23(34-2)15-28(26(32)21-8-5-13-35-21)19-14-22(30)29(25(19)31)17-11-9-16(10-12-17)24-27-18-6-3-4-7-20(18)36-24/h3-13,19,23H,14-15H2,1-2H3. The number of para-hydroxylation sites is 2. The van der Waals surface area contributed by atoms with Crippen LogP contribution in [0.15, 0.2) is 75.8 Å². The Balaban J connectivity index is 1.40. The predicted molar refractivity (Wildman–Crippen MR) is 128 cm³/mol. The van der Waals surface area contributed by atoms with Crippen molar-refractivity contribution in [2.75, 3.05) is 25.7 Å². The van der Waals surface area contributed by atoms with E-state index in [0.717, 1.165) is 10.4 Å². The molecule has 36 heavy (non-hydrogen) atoms. The Morgan fingerprint density at radius 2 is 1.83 bits per heavy atom. The fourth-order valence-electron chi connectivity index (χ4n) is 4.18. The zero-order chi connectivity index (χ0) is 25.2. The summed E-state index contributed by atoms with van der Waals surface area (Å²) < 4.78 is 21.5. The summed E-state index contributed by atoms with van der Waals surface area (Å²) in [5.41, 5.74) is 2.48. The van der Waals surface area contributed by atoms with Gasteiger partial charge < -0.3 is 23.2 Å². The normalized spacial score (nSPS) is 15.9. The van der Waals surface area contributed by atoms with E-state index in [2.05, 4.69) is 4.98 Å². The molecule has 0 N–H and O–H groups in total. The Hall–Kier alpha value is -4.28. The first-order valence-corrected chi connectivity index (χ1v) is 11.2. The van der Waals surface area contributed by atoms with Crippen LogP contribution in [0.3, 0.4) is 0 Å². The van der Waals surface area contributed by atoms with Crippen LogP contribution in [-0.4, -0.2) is 60.7 Å². The van der Waals surface area contributed by atoms with Crippen LogP contribution in [0.25, 0.3) is 22.6 Å². The average molecular weight is 489 g/mol. The first kappa shape index (κ1) is 23.5. The molecule has 10 nitrogen and oxygen atoms in total. The average Bonchev–Trinajstić information content (AvgIpc) is 3.64. The molecule has 0 bridgehead atoms. The number of hydrogen-bond donors (Lipinski definition) is 0. The maximum absolute atomic E-state index is 13.4. The van der Waals surface area contributed by atoms with Gasteiger partial charge in [-0.3, -0.25) is 14.4 Å². The largest absolute Gasteiger partial charge is 0.459 e. The third-order valence-electron chi connectivity index (χ3n) is 6.03. The first-order valence-electron chi connectivity index (χ1n) is 11.2. The lowest BCUT2D eigenvalue weighted by atomic mass is 10.2. The molecule has 1 unspecified atom stereocenters. The molecule has 0 radical (unpaired) electrons. The van der Waals surface area contributed by atoms with Crippen LogP contribution < -0.4 is 4.90 Å². The summed E-state index contributed by atoms with van der Waals surface area (Å²) in [6, 6.07) is 16.2. The quantitative estimate of drug-likeness (QED) is 0.273. The number of imide groups is 1. The van der Waals surface area contributed by atoms with Crippen molar-refractivity contribution < 1.29 is 32.7 Å². The zero-order valence-corrected chi connectivity index (χ0v) is 19.6. The molecule has 2 aromatic heterocycles. The van der Waals surface area contributed by atoms with Gasteiger partial charge in [-0.1, -0.05) is 12.1 Å². The second-order valence-electron chi connectivity index (χ2n) is 8.16. The molecule has 10 heteroatoms. The summed E-state index contributed by atoms with van der Waals surface area (Å²) in [5.74, 6) is -1.02. The molecule has 3 heterocycles. The smallest absolute Gasteiger partial charge is 0.290 e. The lowest BCUT2D eigenvalue weighted by molar-refractivity contribution is -0.128.